The van der Waals surface area contributed by atoms with Crippen LogP contribution >= 0.6 is 15.9 Å². The summed E-state index contributed by atoms with van der Waals surface area (Å²) in [6, 6.07) is 8.45. The summed E-state index contributed by atoms with van der Waals surface area (Å²) >= 11 is 3.24. The summed E-state index contributed by atoms with van der Waals surface area (Å²) in [5, 5.41) is 2.47. The topological polar surface area (TPSA) is 38.3 Å². The van der Waals surface area contributed by atoms with Crippen molar-refractivity contribution in [3.05, 3.63) is 57.6 Å². The van der Waals surface area contributed by atoms with E-state index in [0.29, 0.717) is 10.2 Å². The molecule has 0 radical (unpaired) electrons. The van der Waals surface area contributed by atoms with Crippen molar-refractivity contribution in [1.29, 1.82) is 0 Å². The Kier molecular flexibility index (Phi) is 4.99. The Hall–Kier alpha value is -2.02. The van der Waals surface area contributed by atoms with Gasteiger partial charge in [0.1, 0.15) is 5.75 Å². The van der Waals surface area contributed by atoms with Crippen LogP contribution in [0.5, 0.6) is 5.75 Å². The zero-order chi connectivity index (χ0) is 17.2. The molecule has 0 unspecified atom stereocenters. The van der Waals surface area contributed by atoms with E-state index in [4.69, 9.17) is 4.74 Å². The van der Waals surface area contributed by atoms with Crippen LogP contribution in [0.1, 0.15) is 21.5 Å². The summed E-state index contributed by atoms with van der Waals surface area (Å²) in [6.45, 7) is 1.37. The second-order valence-electron chi connectivity index (χ2n) is 4.83. The number of alkyl halides is 3. The first-order valence-corrected chi connectivity index (χ1v) is 7.34. The summed E-state index contributed by atoms with van der Waals surface area (Å²) in [4.78, 5) is 12.3. The van der Waals surface area contributed by atoms with Gasteiger partial charge in [-0.3, -0.25) is 4.79 Å². The first-order chi connectivity index (χ1) is 10.7. The number of carbonyl (C=O) groups is 1. The van der Waals surface area contributed by atoms with Gasteiger partial charge in [0.25, 0.3) is 5.91 Å². The van der Waals surface area contributed by atoms with Gasteiger partial charge < -0.3 is 10.1 Å². The van der Waals surface area contributed by atoms with E-state index in [-0.39, 0.29) is 16.8 Å². The third kappa shape index (κ3) is 4.04. The van der Waals surface area contributed by atoms with Crippen LogP contribution in [0.25, 0.3) is 0 Å². The van der Waals surface area contributed by atoms with Crippen LogP contribution in [0.2, 0.25) is 0 Å². The van der Waals surface area contributed by atoms with Gasteiger partial charge in [-0.2, -0.15) is 13.2 Å². The number of benzene rings is 2. The van der Waals surface area contributed by atoms with Gasteiger partial charge in [0.05, 0.1) is 18.2 Å². The highest BCUT2D eigenvalue weighted by atomic mass is 79.9. The molecular weight excluding hydrogens is 375 g/mol. The molecular formula is C16H13BrF3NO2. The van der Waals surface area contributed by atoms with E-state index in [9.17, 15) is 18.0 Å². The van der Waals surface area contributed by atoms with Crippen LogP contribution in [-0.2, 0) is 6.18 Å². The van der Waals surface area contributed by atoms with Gasteiger partial charge in [-0.1, -0.05) is 6.07 Å². The Morgan fingerprint density at radius 1 is 1.17 bits per heavy atom. The number of nitrogens with one attached hydrogen (secondary N) is 1. The number of carbonyl (C=O) groups excluding carboxylic acids is 1. The van der Waals surface area contributed by atoms with Gasteiger partial charge >= 0.3 is 6.18 Å². The first kappa shape index (κ1) is 17.3. The quantitative estimate of drug-likeness (QED) is 0.801. The predicted octanol–water partition coefficient (Wildman–Crippen LogP) is 5.04. The van der Waals surface area contributed by atoms with Crippen molar-refractivity contribution in [2.24, 2.45) is 0 Å². The molecule has 2 aromatic rings. The minimum atomic E-state index is -4.47. The molecule has 0 aliphatic rings. The van der Waals surface area contributed by atoms with Crippen molar-refractivity contribution in [3.8, 4) is 5.75 Å². The van der Waals surface area contributed by atoms with Crippen molar-refractivity contribution < 1.29 is 22.7 Å². The average Bonchev–Trinajstić information content (AvgIpc) is 2.48. The number of aryl methyl sites for hydroxylation is 1. The van der Waals surface area contributed by atoms with Gasteiger partial charge in [-0.25, -0.2) is 0 Å². The van der Waals surface area contributed by atoms with Gasteiger partial charge in [0.2, 0.25) is 0 Å². The lowest BCUT2D eigenvalue weighted by molar-refractivity contribution is -0.138. The van der Waals surface area contributed by atoms with Crippen LogP contribution in [0, 0.1) is 6.92 Å². The maximum absolute atomic E-state index is 12.9. The number of hydrogen-bond donors (Lipinski definition) is 1. The van der Waals surface area contributed by atoms with E-state index in [0.717, 1.165) is 6.07 Å². The van der Waals surface area contributed by atoms with Crippen molar-refractivity contribution in [2.75, 3.05) is 12.4 Å². The molecule has 0 bridgehead atoms. The number of rotatable bonds is 3. The molecule has 0 spiro atoms. The molecule has 0 atom stereocenters. The summed E-state index contributed by atoms with van der Waals surface area (Å²) in [6.07, 6.45) is -4.47. The van der Waals surface area contributed by atoms with E-state index >= 15 is 0 Å². The SMILES string of the molecule is COc1ccc(Br)c(C(=O)Nc2ccc(C)c(C(F)(F)F)c2)c1. The molecule has 0 aliphatic carbocycles. The van der Waals surface area contributed by atoms with Crippen LogP contribution in [-0.4, -0.2) is 13.0 Å². The van der Waals surface area contributed by atoms with Crippen LogP contribution < -0.4 is 10.1 Å². The van der Waals surface area contributed by atoms with Crippen LogP contribution in [0.15, 0.2) is 40.9 Å². The third-order valence-corrected chi connectivity index (χ3v) is 3.91. The maximum Gasteiger partial charge on any atom is 0.416 e. The number of anilines is 1. The van der Waals surface area contributed by atoms with E-state index in [1.165, 1.54) is 32.2 Å². The number of hydrogen-bond acceptors (Lipinski definition) is 2. The molecule has 2 aromatic carbocycles. The van der Waals surface area contributed by atoms with E-state index in [1.807, 2.05) is 0 Å². The van der Waals surface area contributed by atoms with E-state index in [2.05, 4.69) is 21.2 Å². The standard InChI is InChI=1S/C16H13BrF3NO2/c1-9-3-4-10(7-13(9)16(18,19)20)21-15(22)12-8-11(23-2)5-6-14(12)17/h3-8H,1-2H3,(H,21,22). The number of halogens is 4. The number of amides is 1. The zero-order valence-corrected chi connectivity index (χ0v) is 13.9. The summed E-state index contributed by atoms with van der Waals surface area (Å²) in [7, 11) is 1.46. The van der Waals surface area contributed by atoms with Crippen molar-refractivity contribution >= 4 is 27.5 Å². The van der Waals surface area contributed by atoms with Gasteiger partial charge in [-0.15, -0.1) is 0 Å². The van der Waals surface area contributed by atoms with Gasteiger partial charge in [0.15, 0.2) is 0 Å². The lowest BCUT2D eigenvalue weighted by Gasteiger charge is -2.13. The fourth-order valence-corrected chi connectivity index (χ4v) is 2.44. The largest absolute Gasteiger partial charge is 0.497 e. The molecule has 1 amide bonds. The van der Waals surface area contributed by atoms with Gasteiger partial charge in [0, 0.05) is 10.2 Å². The molecule has 2 rings (SSSR count). The molecule has 0 saturated heterocycles. The predicted molar refractivity (Wildman–Crippen MR) is 84.8 cm³/mol. The Labute approximate surface area is 139 Å². The maximum atomic E-state index is 12.9. The molecule has 122 valence electrons. The third-order valence-electron chi connectivity index (χ3n) is 3.22. The Bertz CT molecular complexity index is 745. The lowest BCUT2D eigenvalue weighted by atomic mass is 10.1. The molecule has 23 heavy (non-hydrogen) atoms. The lowest BCUT2D eigenvalue weighted by Crippen LogP contribution is -2.14. The minimum Gasteiger partial charge on any atom is -0.497 e. The molecule has 7 heteroatoms. The molecule has 0 aromatic heterocycles. The highest BCUT2D eigenvalue weighted by Gasteiger charge is 2.32. The fraction of sp³-hybridized carbons (Fsp3) is 0.188. The molecule has 3 nitrogen and oxygen atoms in total. The summed E-state index contributed by atoms with van der Waals surface area (Å²) in [5.74, 6) is -0.0639. The fourth-order valence-electron chi connectivity index (χ4n) is 2.01. The van der Waals surface area contributed by atoms with E-state index in [1.54, 1.807) is 12.1 Å². The second-order valence-corrected chi connectivity index (χ2v) is 5.68. The Morgan fingerprint density at radius 2 is 1.87 bits per heavy atom. The molecule has 0 aliphatic heterocycles. The number of methoxy groups -OCH3 is 1. The number of ether oxygens (including phenoxy) is 1. The second kappa shape index (κ2) is 6.62. The van der Waals surface area contributed by atoms with Crippen LogP contribution in [0.4, 0.5) is 18.9 Å². The smallest absolute Gasteiger partial charge is 0.416 e. The highest BCUT2D eigenvalue weighted by Crippen LogP contribution is 2.33. The zero-order valence-electron chi connectivity index (χ0n) is 12.3. The van der Waals surface area contributed by atoms with Crippen molar-refractivity contribution in [2.45, 2.75) is 13.1 Å². The average molecular weight is 388 g/mol. The normalized spacial score (nSPS) is 11.2. The molecule has 0 heterocycles. The molecule has 0 saturated carbocycles. The molecule has 1 N–H and O–H groups in total. The van der Waals surface area contributed by atoms with E-state index < -0.39 is 17.6 Å². The Morgan fingerprint density at radius 3 is 2.48 bits per heavy atom. The first-order valence-electron chi connectivity index (χ1n) is 6.55. The van der Waals surface area contributed by atoms with Gasteiger partial charge in [-0.05, 0) is 58.7 Å². The summed E-state index contributed by atoms with van der Waals surface area (Å²) in [5.41, 5.74) is -0.348. The molecule has 0 fully saturated rings. The van der Waals surface area contributed by atoms with Crippen molar-refractivity contribution in [1.82, 2.24) is 0 Å². The minimum absolute atomic E-state index is 0.0719. The monoisotopic (exact) mass is 387 g/mol. The van der Waals surface area contributed by atoms with Crippen molar-refractivity contribution in [3.63, 3.8) is 0 Å². The Balaban J connectivity index is 2.31. The van der Waals surface area contributed by atoms with Crippen LogP contribution in [0.3, 0.4) is 0 Å². The highest BCUT2D eigenvalue weighted by molar-refractivity contribution is 9.10. The summed E-state index contributed by atoms with van der Waals surface area (Å²) < 4.78 is 44.3.